The summed E-state index contributed by atoms with van der Waals surface area (Å²) in [6.45, 7) is -0.0844. The van der Waals surface area contributed by atoms with Crippen LogP contribution in [0.5, 0.6) is 0 Å². The van der Waals surface area contributed by atoms with Gasteiger partial charge in [0.05, 0.1) is 12.1 Å². The maximum absolute atomic E-state index is 13.5. The van der Waals surface area contributed by atoms with Gasteiger partial charge < -0.3 is 10.3 Å². The maximum Gasteiger partial charge on any atom is 0.261 e. The number of thiocarbonyl (C=S) groups is 1. The number of aromatic nitrogens is 1. The van der Waals surface area contributed by atoms with Gasteiger partial charge in [-0.05, 0) is 30.3 Å². The Bertz CT molecular complexity index is 697. The molecule has 2 N–H and O–H groups in total. The topological polar surface area (TPSA) is 48.0 Å². The largest absolute Gasteiger partial charge is 0.389 e. The molecule has 0 unspecified atom stereocenters. The van der Waals surface area contributed by atoms with Crippen molar-refractivity contribution in [3.8, 4) is 0 Å². The van der Waals surface area contributed by atoms with Gasteiger partial charge in [0.25, 0.3) is 5.56 Å². The minimum atomic E-state index is -0.575. The molecule has 0 amide bonds. The SMILES string of the molecule is NC(=S)c1cccn(Cc2cc(F)ccc2F)c1=O. The highest BCUT2D eigenvalue weighted by molar-refractivity contribution is 7.80. The zero-order valence-corrected chi connectivity index (χ0v) is 10.6. The smallest absolute Gasteiger partial charge is 0.261 e. The highest BCUT2D eigenvalue weighted by Gasteiger charge is 2.09. The Morgan fingerprint density at radius 2 is 2.05 bits per heavy atom. The van der Waals surface area contributed by atoms with Gasteiger partial charge in [-0.15, -0.1) is 0 Å². The fourth-order valence-corrected chi connectivity index (χ4v) is 1.85. The Morgan fingerprint density at radius 3 is 2.74 bits per heavy atom. The quantitative estimate of drug-likeness (QED) is 0.872. The Balaban J connectivity index is 2.44. The lowest BCUT2D eigenvalue weighted by Crippen LogP contribution is -2.28. The molecule has 1 heterocycles. The van der Waals surface area contributed by atoms with Gasteiger partial charge in [-0.2, -0.15) is 0 Å². The van der Waals surface area contributed by atoms with Crippen molar-refractivity contribution in [3.63, 3.8) is 0 Å². The second-order valence-electron chi connectivity index (χ2n) is 3.95. The van der Waals surface area contributed by atoms with Crippen LogP contribution < -0.4 is 11.3 Å². The lowest BCUT2D eigenvalue weighted by molar-refractivity contribution is 0.574. The van der Waals surface area contributed by atoms with E-state index in [-0.39, 0.29) is 22.7 Å². The molecule has 0 saturated heterocycles. The summed E-state index contributed by atoms with van der Waals surface area (Å²) in [5.74, 6) is -1.14. The molecule has 6 heteroatoms. The van der Waals surface area contributed by atoms with Crippen LogP contribution in [0.3, 0.4) is 0 Å². The first-order chi connectivity index (χ1) is 8.99. The highest BCUT2D eigenvalue weighted by Crippen LogP contribution is 2.10. The number of nitrogens with two attached hydrogens (primary N) is 1. The van der Waals surface area contributed by atoms with Crippen molar-refractivity contribution < 1.29 is 8.78 Å². The third-order valence-electron chi connectivity index (χ3n) is 2.63. The van der Waals surface area contributed by atoms with E-state index in [2.05, 4.69) is 0 Å². The lowest BCUT2D eigenvalue weighted by Gasteiger charge is -2.08. The highest BCUT2D eigenvalue weighted by atomic mass is 32.1. The van der Waals surface area contributed by atoms with Crippen LogP contribution in [0.25, 0.3) is 0 Å². The van der Waals surface area contributed by atoms with Gasteiger partial charge in [0.1, 0.15) is 16.6 Å². The van der Waals surface area contributed by atoms with Crippen LogP contribution in [-0.4, -0.2) is 9.56 Å². The molecule has 0 aliphatic carbocycles. The standard InChI is InChI=1S/C13H10F2N2OS/c14-9-3-4-11(15)8(6-9)7-17-5-1-2-10(12(16)19)13(17)18/h1-6H,7H2,(H2,16,19). The van der Waals surface area contributed by atoms with E-state index in [1.54, 1.807) is 6.07 Å². The zero-order chi connectivity index (χ0) is 14.0. The summed E-state index contributed by atoms with van der Waals surface area (Å²) in [6.07, 6.45) is 1.47. The molecule has 3 nitrogen and oxygen atoms in total. The molecule has 98 valence electrons. The van der Waals surface area contributed by atoms with Crippen molar-refractivity contribution in [1.29, 1.82) is 0 Å². The molecular formula is C13H10F2N2OS. The Kier molecular flexibility index (Phi) is 3.71. The average Bonchev–Trinajstić information content (AvgIpc) is 2.36. The molecule has 0 saturated carbocycles. The van der Waals surface area contributed by atoms with Crippen molar-refractivity contribution in [1.82, 2.24) is 4.57 Å². The number of benzene rings is 1. The average molecular weight is 280 g/mol. The van der Waals surface area contributed by atoms with E-state index in [1.807, 2.05) is 0 Å². The molecule has 0 bridgehead atoms. The van der Waals surface area contributed by atoms with Crippen molar-refractivity contribution in [2.75, 3.05) is 0 Å². The third kappa shape index (κ3) is 2.85. The second-order valence-corrected chi connectivity index (χ2v) is 4.39. The van der Waals surface area contributed by atoms with E-state index in [4.69, 9.17) is 18.0 Å². The maximum atomic E-state index is 13.5. The number of hydrogen-bond acceptors (Lipinski definition) is 2. The summed E-state index contributed by atoms with van der Waals surface area (Å²) in [4.78, 5) is 12.0. The molecule has 0 atom stereocenters. The van der Waals surface area contributed by atoms with Crippen molar-refractivity contribution >= 4 is 17.2 Å². The number of halogens is 2. The minimum Gasteiger partial charge on any atom is -0.389 e. The first kappa shape index (κ1) is 13.4. The molecule has 2 aromatic rings. The van der Waals surface area contributed by atoms with Gasteiger partial charge in [0, 0.05) is 11.8 Å². The number of nitrogens with zero attached hydrogens (tertiary/aromatic N) is 1. The van der Waals surface area contributed by atoms with E-state index in [0.29, 0.717) is 0 Å². The van der Waals surface area contributed by atoms with E-state index in [1.165, 1.54) is 16.8 Å². The Hall–Kier alpha value is -2.08. The van der Waals surface area contributed by atoms with Gasteiger partial charge in [0.15, 0.2) is 0 Å². The Labute approximate surface area is 113 Å². The van der Waals surface area contributed by atoms with Crippen LogP contribution in [0.2, 0.25) is 0 Å². The molecular weight excluding hydrogens is 270 g/mol. The third-order valence-corrected chi connectivity index (χ3v) is 2.85. The molecule has 19 heavy (non-hydrogen) atoms. The summed E-state index contributed by atoms with van der Waals surface area (Å²) in [6, 6.07) is 6.16. The summed E-state index contributed by atoms with van der Waals surface area (Å²) in [5, 5.41) is 0. The van der Waals surface area contributed by atoms with E-state index in [0.717, 1.165) is 18.2 Å². The normalized spacial score (nSPS) is 10.4. The molecule has 0 radical (unpaired) electrons. The van der Waals surface area contributed by atoms with E-state index in [9.17, 15) is 13.6 Å². The van der Waals surface area contributed by atoms with E-state index < -0.39 is 17.2 Å². The first-order valence-electron chi connectivity index (χ1n) is 5.42. The minimum absolute atomic E-state index is 0.0286. The van der Waals surface area contributed by atoms with Gasteiger partial charge in [-0.25, -0.2) is 8.78 Å². The molecule has 1 aromatic heterocycles. The van der Waals surface area contributed by atoms with Gasteiger partial charge in [-0.3, -0.25) is 4.79 Å². The van der Waals surface area contributed by atoms with Gasteiger partial charge in [-0.1, -0.05) is 12.2 Å². The summed E-state index contributed by atoms with van der Waals surface area (Å²) >= 11 is 4.75. The first-order valence-corrected chi connectivity index (χ1v) is 5.83. The summed E-state index contributed by atoms with van der Waals surface area (Å²) < 4.78 is 27.8. The van der Waals surface area contributed by atoms with Crippen LogP contribution in [0.15, 0.2) is 41.3 Å². The molecule has 1 aromatic carbocycles. The van der Waals surface area contributed by atoms with Gasteiger partial charge in [0.2, 0.25) is 0 Å². The monoisotopic (exact) mass is 280 g/mol. The molecule has 0 fully saturated rings. The summed E-state index contributed by atoms with van der Waals surface area (Å²) in [7, 11) is 0. The number of pyridine rings is 1. The Morgan fingerprint density at radius 1 is 1.32 bits per heavy atom. The van der Waals surface area contributed by atoms with Crippen LogP contribution in [0.1, 0.15) is 11.1 Å². The van der Waals surface area contributed by atoms with Crippen LogP contribution in [0, 0.1) is 11.6 Å². The van der Waals surface area contributed by atoms with E-state index >= 15 is 0 Å². The fourth-order valence-electron chi connectivity index (χ4n) is 1.70. The van der Waals surface area contributed by atoms with Crippen LogP contribution in [-0.2, 0) is 6.54 Å². The zero-order valence-electron chi connectivity index (χ0n) is 9.77. The number of hydrogen-bond donors (Lipinski definition) is 1. The molecule has 0 spiro atoms. The summed E-state index contributed by atoms with van der Waals surface area (Å²) in [5.41, 5.74) is 5.24. The molecule has 0 aliphatic rings. The van der Waals surface area contributed by atoms with Crippen LogP contribution in [0.4, 0.5) is 8.78 Å². The molecule has 2 rings (SSSR count). The predicted molar refractivity (Wildman–Crippen MR) is 72.0 cm³/mol. The van der Waals surface area contributed by atoms with Crippen molar-refractivity contribution in [2.45, 2.75) is 6.54 Å². The van der Waals surface area contributed by atoms with Crippen molar-refractivity contribution in [3.05, 3.63) is 69.6 Å². The van der Waals surface area contributed by atoms with Crippen molar-refractivity contribution in [2.24, 2.45) is 5.73 Å². The second kappa shape index (κ2) is 5.27. The predicted octanol–water partition coefficient (Wildman–Crippen LogP) is 1.81. The number of rotatable bonds is 3. The lowest BCUT2D eigenvalue weighted by atomic mass is 10.2. The van der Waals surface area contributed by atoms with Crippen LogP contribution >= 0.6 is 12.2 Å². The fraction of sp³-hybridized carbons (Fsp3) is 0.0769. The van der Waals surface area contributed by atoms with Gasteiger partial charge >= 0.3 is 0 Å². The molecule has 0 aliphatic heterocycles.